The topological polar surface area (TPSA) is 12.0 Å². The Bertz CT molecular complexity index is 1290. The number of rotatable bonds is 7. The molecular formula is C29H25Cl2F2N. The predicted octanol–water partition coefficient (Wildman–Crippen LogP) is 7.76. The van der Waals surface area contributed by atoms with Gasteiger partial charge in [0.2, 0.25) is 0 Å². The third-order valence-electron chi connectivity index (χ3n) is 7.63. The molecule has 0 aromatic heterocycles. The summed E-state index contributed by atoms with van der Waals surface area (Å²) < 4.78 is 27.0. The van der Waals surface area contributed by atoms with Crippen LogP contribution in [0.2, 0.25) is 10.0 Å². The van der Waals surface area contributed by atoms with Gasteiger partial charge in [0.25, 0.3) is 0 Å². The van der Waals surface area contributed by atoms with Crippen molar-refractivity contribution in [3.05, 3.63) is 129 Å². The Labute approximate surface area is 209 Å². The van der Waals surface area contributed by atoms with E-state index in [4.69, 9.17) is 23.2 Å². The Morgan fingerprint density at radius 1 is 1.00 bits per heavy atom. The van der Waals surface area contributed by atoms with Crippen molar-refractivity contribution in [1.29, 1.82) is 0 Å². The van der Waals surface area contributed by atoms with Crippen LogP contribution in [-0.2, 0) is 12.0 Å². The van der Waals surface area contributed by atoms with Crippen molar-refractivity contribution >= 4 is 23.2 Å². The summed E-state index contributed by atoms with van der Waals surface area (Å²) in [6.45, 7) is 7.37. The molecule has 0 saturated heterocycles. The van der Waals surface area contributed by atoms with Gasteiger partial charge in [-0.1, -0.05) is 71.8 Å². The molecule has 3 aromatic rings. The quantitative estimate of drug-likeness (QED) is 0.330. The standard InChI is InChI=1S/C29H25Cl2F2N/c1-3-28-13-12-23(22-10-4-18(2)14-24(22)31)29(28,20-6-8-21(30)9-7-20)27(28)17-34-16-19-5-11-25(32)26(33)15-19/h3-15,23,27,34H,1,16-17H2,2H3. The Hall–Kier alpha value is -2.46. The number of aryl methyl sites for hydroxylation is 1. The average Bonchev–Trinajstić information content (AvgIpc) is 3.22. The molecule has 5 rings (SSSR count). The van der Waals surface area contributed by atoms with E-state index in [2.05, 4.69) is 48.3 Å². The van der Waals surface area contributed by atoms with E-state index >= 15 is 0 Å². The van der Waals surface area contributed by atoms with Crippen LogP contribution in [0.1, 0.15) is 28.2 Å². The highest BCUT2D eigenvalue weighted by atomic mass is 35.5. The fourth-order valence-corrected chi connectivity index (χ4v) is 6.56. The number of hydrogen-bond donors (Lipinski definition) is 1. The predicted molar refractivity (Wildman–Crippen MR) is 135 cm³/mol. The van der Waals surface area contributed by atoms with Gasteiger partial charge >= 0.3 is 0 Å². The number of allylic oxidation sites excluding steroid dienone is 3. The van der Waals surface area contributed by atoms with Crippen LogP contribution in [0.5, 0.6) is 0 Å². The fraction of sp³-hybridized carbons (Fsp3) is 0.241. The van der Waals surface area contributed by atoms with Crippen molar-refractivity contribution in [3.8, 4) is 0 Å². The minimum absolute atomic E-state index is 0.0647. The second-order valence-electron chi connectivity index (χ2n) is 9.31. The van der Waals surface area contributed by atoms with Crippen molar-refractivity contribution in [2.45, 2.75) is 24.8 Å². The molecule has 174 valence electrons. The highest BCUT2D eigenvalue weighted by Crippen LogP contribution is 2.79. The normalized spacial score (nSPS) is 27.0. The van der Waals surface area contributed by atoms with Crippen LogP contribution in [0.3, 0.4) is 0 Å². The van der Waals surface area contributed by atoms with Crippen LogP contribution < -0.4 is 5.32 Å². The summed E-state index contributed by atoms with van der Waals surface area (Å²) in [7, 11) is 0. The number of fused-ring (bicyclic) bond motifs is 1. The summed E-state index contributed by atoms with van der Waals surface area (Å²) in [4.78, 5) is 0. The van der Waals surface area contributed by atoms with Gasteiger partial charge in [0.15, 0.2) is 11.6 Å². The van der Waals surface area contributed by atoms with E-state index in [9.17, 15) is 8.78 Å². The summed E-state index contributed by atoms with van der Waals surface area (Å²) >= 11 is 13.0. The van der Waals surface area contributed by atoms with Crippen LogP contribution in [0.25, 0.3) is 0 Å². The van der Waals surface area contributed by atoms with E-state index in [1.165, 1.54) is 11.6 Å². The van der Waals surface area contributed by atoms with Crippen LogP contribution in [0, 0.1) is 29.9 Å². The van der Waals surface area contributed by atoms with Gasteiger partial charge in [-0.25, -0.2) is 8.78 Å². The average molecular weight is 496 g/mol. The maximum Gasteiger partial charge on any atom is 0.159 e. The lowest BCUT2D eigenvalue weighted by Crippen LogP contribution is -2.25. The molecule has 2 aliphatic carbocycles. The fourth-order valence-electron chi connectivity index (χ4n) is 6.08. The molecule has 5 heteroatoms. The zero-order valence-corrected chi connectivity index (χ0v) is 20.3. The number of halogens is 4. The molecule has 0 aliphatic heterocycles. The van der Waals surface area contributed by atoms with Gasteiger partial charge in [-0.05, 0) is 65.4 Å². The number of nitrogens with one attached hydrogen (secondary N) is 1. The van der Waals surface area contributed by atoms with Crippen molar-refractivity contribution in [3.63, 3.8) is 0 Å². The Kier molecular flexibility index (Phi) is 5.92. The molecule has 0 bridgehead atoms. The lowest BCUT2D eigenvalue weighted by atomic mass is 9.76. The summed E-state index contributed by atoms with van der Waals surface area (Å²) in [6, 6.07) is 18.3. The third kappa shape index (κ3) is 3.45. The molecular weight excluding hydrogens is 471 g/mol. The zero-order chi connectivity index (χ0) is 24.1. The van der Waals surface area contributed by atoms with Gasteiger partial charge in [0.1, 0.15) is 0 Å². The molecule has 0 amide bonds. The van der Waals surface area contributed by atoms with Crippen LogP contribution >= 0.6 is 23.2 Å². The van der Waals surface area contributed by atoms with Gasteiger partial charge in [-0.15, -0.1) is 6.58 Å². The van der Waals surface area contributed by atoms with E-state index in [-0.39, 0.29) is 22.7 Å². The van der Waals surface area contributed by atoms with Gasteiger partial charge in [0, 0.05) is 39.9 Å². The number of hydrogen-bond acceptors (Lipinski definition) is 1. The zero-order valence-electron chi connectivity index (χ0n) is 18.8. The molecule has 4 atom stereocenters. The lowest BCUT2D eigenvalue weighted by molar-refractivity contribution is 0.501. The molecule has 2 aliphatic rings. The second-order valence-corrected chi connectivity index (χ2v) is 10.2. The smallest absolute Gasteiger partial charge is 0.159 e. The Morgan fingerprint density at radius 3 is 2.44 bits per heavy atom. The second kappa shape index (κ2) is 8.64. The SMILES string of the molecule is C=CC12C=CC(c3ccc(C)cc3Cl)C1(c1ccc(Cl)cc1)C2CNCc1ccc(F)c(F)c1. The van der Waals surface area contributed by atoms with Gasteiger partial charge in [0.05, 0.1) is 0 Å². The molecule has 1 nitrogen and oxygen atoms in total. The van der Waals surface area contributed by atoms with Gasteiger partial charge < -0.3 is 5.32 Å². The molecule has 1 saturated carbocycles. The molecule has 0 spiro atoms. The first-order chi connectivity index (χ1) is 16.3. The first-order valence-corrected chi connectivity index (χ1v) is 12.1. The van der Waals surface area contributed by atoms with Gasteiger partial charge in [-0.2, -0.15) is 0 Å². The van der Waals surface area contributed by atoms with Crippen LogP contribution in [0.15, 0.2) is 85.5 Å². The Morgan fingerprint density at radius 2 is 1.76 bits per heavy atom. The largest absolute Gasteiger partial charge is 0.312 e. The van der Waals surface area contributed by atoms with E-state index in [0.717, 1.165) is 22.2 Å². The summed E-state index contributed by atoms with van der Waals surface area (Å²) in [5.74, 6) is -1.40. The Balaban J connectivity index is 1.50. The van der Waals surface area contributed by atoms with Crippen molar-refractivity contribution < 1.29 is 8.78 Å². The molecule has 1 N–H and O–H groups in total. The summed E-state index contributed by atoms with van der Waals surface area (Å²) in [5.41, 5.74) is 3.58. The maximum absolute atomic E-state index is 13.7. The van der Waals surface area contributed by atoms with E-state index < -0.39 is 11.6 Å². The molecule has 34 heavy (non-hydrogen) atoms. The van der Waals surface area contributed by atoms with Crippen LogP contribution in [-0.4, -0.2) is 6.54 Å². The molecule has 0 radical (unpaired) electrons. The molecule has 4 unspecified atom stereocenters. The van der Waals surface area contributed by atoms with Crippen LogP contribution in [0.4, 0.5) is 8.78 Å². The van der Waals surface area contributed by atoms with Crippen molar-refractivity contribution in [1.82, 2.24) is 5.32 Å². The minimum atomic E-state index is -0.837. The first kappa shape index (κ1) is 23.3. The van der Waals surface area contributed by atoms with Crippen molar-refractivity contribution in [2.75, 3.05) is 6.54 Å². The highest BCUT2D eigenvalue weighted by molar-refractivity contribution is 6.31. The molecule has 0 heterocycles. The monoisotopic (exact) mass is 495 g/mol. The highest BCUT2D eigenvalue weighted by Gasteiger charge is 2.78. The maximum atomic E-state index is 13.7. The third-order valence-corrected chi connectivity index (χ3v) is 8.21. The van der Waals surface area contributed by atoms with Crippen molar-refractivity contribution in [2.24, 2.45) is 11.3 Å². The summed E-state index contributed by atoms with van der Waals surface area (Å²) in [5, 5.41) is 4.91. The minimum Gasteiger partial charge on any atom is -0.312 e. The van der Waals surface area contributed by atoms with Gasteiger partial charge in [-0.3, -0.25) is 0 Å². The van der Waals surface area contributed by atoms with E-state index in [0.29, 0.717) is 23.7 Å². The first-order valence-electron chi connectivity index (χ1n) is 11.3. The molecule has 1 fully saturated rings. The lowest BCUT2D eigenvalue weighted by Gasteiger charge is -2.28. The summed E-state index contributed by atoms with van der Waals surface area (Å²) in [6.07, 6.45) is 6.56. The number of benzene rings is 3. The van der Waals surface area contributed by atoms with E-state index in [1.807, 2.05) is 31.2 Å². The molecule has 3 aromatic carbocycles. The van der Waals surface area contributed by atoms with E-state index in [1.54, 1.807) is 6.07 Å².